The molecule has 1 unspecified atom stereocenters. The molecule has 0 radical (unpaired) electrons. The van der Waals surface area contributed by atoms with Gasteiger partial charge >= 0.3 is 0 Å². The number of amides is 1. The second-order valence-electron chi connectivity index (χ2n) is 5.89. The van der Waals surface area contributed by atoms with Crippen LogP contribution in [0.25, 0.3) is 0 Å². The Morgan fingerprint density at radius 1 is 1.30 bits per heavy atom. The van der Waals surface area contributed by atoms with Crippen LogP contribution in [-0.2, 0) is 0 Å². The normalized spacial score (nSPS) is 18.1. The van der Waals surface area contributed by atoms with Crippen molar-refractivity contribution in [3.63, 3.8) is 0 Å². The van der Waals surface area contributed by atoms with Crippen molar-refractivity contribution >= 4 is 11.6 Å². The maximum atomic E-state index is 12.6. The molecule has 0 bridgehead atoms. The van der Waals surface area contributed by atoms with Gasteiger partial charge in [-0.1, -0.05) is 6.07 Å². The number of nitrogens with zero attached hydrogens (tertiary/aromatic N) is 1. The third-order valence-electron chi connectivity index (χ3n) is 4.35. The monoisotopic (exact) mass is 276 g/mol. The fourth-order valence-corrected chi connectivity index (χ4v) is 2.85. The summed E-state index contributed by atoms with van der Waals surface area (Å²) < 4.78 is 0. The molecule has 0 aromatic heterocycles. The number of aliphatic hydroxyl groups excluding tert-OH is 1. The number of hydrogen-bond donors (Lipinski definition) is 2. The summed E-state index contributed by atoms with van der Waals surface area (Å²) in [6.07, 6.45) is 1.44. The van der Waals surface area contributed by atoms with E-state index in [2.05, 4.69) is 0 Å². The van der Waals surface area contributed by atoms with Crippen molar-refractivity contribution in [2.24, 2.45) is 5.92 Å². The van der Waals surface area contributed by atoms with E-state index in [0.29, 0.717) is 30.3 Å². The van der Waals surface area contributed by atoms with Gasteiger partial charge in [0.15, 0.2) is 0 Å². The Hall–Kier alpha value is -1.55. The first-order valence-corrected chi connectivity index (χ1v) is 7.24. The predicted molar refractivity (Wildman–Crippen MR) is 80.6 cm³/mol. The molecule has 4 heteroatoms. The van der Waals surface area contributed by atoms with Gasteiger partial charge in [-0.25, -0.2) is 0 Å². The molecule has 20 heavy (non-hydrogen) atoms. The zero-order valence-electron chi connectivity index (χ0n) is 12.5. The van der Waals surface area contributed by atoms with Crippen LogP contribution in [0.3, 0.4) is 0 Å². The Bertz CT molecular complexity index is 503. The predicted octanol–water partition coefficient (Wildman–Crippen LogP) is 2.12. The SMILES string of the molecule is Cc1cc(C)c(C(=O)N2CCC(C(C)O)CC2)cc1N. The number of piperidine rings is 1. The van der Waals surface area contributed by atoms with Gasteiger partial charge in [0.05, 0.1) is 6.10 Å². The summed E-state index contributed by atoms with van der Waals surface area (Å²) in [5.74, 6) is 0.362. The molecule has 3 N–H and O–H groups in total. The highest BCUT2D eigenvalue weighted by atomic mass is 16.3. The van der Waals surface area contributed by atoms with Crippen LogP contribution in [0.5, 0.6) is 0 Å². The molecule has 1 atom stereocenters. The highest BCUT2D eigenvalue weighted by Crippen LogP contribution is 2.24. The molecular formula is C16H24N2O2. The van der Waals surface area contributed by atoms with Crippen molar-refractivity contribution in [2.75, 3.05) is 18.8 Å². The molecule has 1 aromatic rings. The van der Waals surface area contributed by atoms with Gasteiger partial charge in [-0.2, -0.15) is 0 Å². The summed E-state index contributed by atoms with van der Waals surface area (Å²) in [6.45, 7) is 7.14. The third kappa shape index (κ3) is 2.96. The molecule has 1 aliphatic heterocycles. The van der Waals surface area contributed by atoms with E-state index in [4.69, 9.17) is 5.73 Å². The number of aryl methyl sites for hydroxylation is 2. The lowest BCUT2D eigenvalue weighted by molar-refractivity contribution is 0.0521. The van der Waals surface area contributed by atoms with E-state index in [1.54, 1.807) is 6.07 Å². The van der Waals surface area contributed by atoms with Crippen molar-refractivity contribution in [3.05, 3.63) is 28.8 Å². The largest absolute Gasteiger partial charge is 0.398 e. The zero-order valence-corrected chi connectivity index (χ0v) is 12.5. The van der Waals surface area contributed by atoms with Gasteiger partial charge in [0, 0.05) is 24.3 Å². The lowest BCUT2D eigenvalue weighted by Gasteiger charge is -2.33. The molecule has 2 rings (SSSR count). The topological polar surface area (TPSA) is 66.6 Å². The third-order valence-corrected chi connectivity index (χ3v) is 4.35. The van der Waals surface area contributed by atoms with Crippen LogP contribution < -0.4 is 5.73 Å². The smallest absolute Gasteiger partial charge is 0.254 e. The van der Waals surface area contributed by atoms with Crippen molar-refractivity contribution in [3.8, 4) is 0 Å². The average Bonchev–Trinajstić information content (AvgIpc) is 2.42. The molecule has 1 amide bonds. The number of carbonyl (C=O) groups excluding carboxylic acids is 1. The Morgan fingerprint density at radius 2 is 1.90 bits per heavy atom. The molecule has 1 saturated heterocycles. The first-order chi connectivity index (χ1) is 9.40. The number of nitrogens with two attached hydrogens (primary N) is 1. The van der Waals surface area contributed by atoms with E-state index < -0.39 is 0 Å². The van der Waals surface area contributed by atoms with Gasteiger partial charge in [-0.3, -0.25) is 4.79 Å². The summed E-state index contributed by atoms with van der Waals surface area (Å²) in [5.41, 5.74) is 9.26. The van der Waals surface area contributed by atoms with Gasteiger partial charge < -0.3 is 15.7 Å². The van der Waals surface area contributed by atoms with Crippen LogP contribution in [0.15, 0.2) is 12.1 Å². The molecule has 1 aromatic carbocycles. The lowest BCUT2D eigenvalue weighted by Crippen LogP contribution is -2.41. The molecule has 0 saturated carbocycles. The number of anilines is 1. The number of hydrogen-bond acceptors (Lipinski definition) is 3. The van der Waals surface area contributed by atoms with Crippen molar-refractivity contribution < 1.29 is 9.90 Å². The molecular weight excluding hydrogens is 252 g/mol. The summed E-state index contributed by atoms with van der Waals surface area (Å²) >= 11 is 0. The molecule has 0 aliphatic carbocycles. The minimum absolute atomic E-state index is 0.0539. The van der Waals surface area contributed by atoms with Gasteiger partial charge in [-0.15, -0.1) is 0 Å². The summed E-state index contributed by atoms with van der Waals surface area (Å²) in [4.78, 5) is 14.4. The van der Waals surface area contributed by atoms with E-state index in [0.717, 1.165) is 24.0 Å². The van der Waals surface area contributed by atoms with Crippen LogP contribution in [0.4, 0.5) is 5.69 Å². The van der Waals surface area contributed by atoms with Crippen LogP contribution in [0.2, 0.25) is 0 Å². The number of nitrogen functional groups attached to an aromatic ring is 1. The minimum Gasteiger partial charge on any atom is -0.398 e. The second-order valence-corrected chi connectivity index (χ2v) is 5.89. The highest BCUT2D eigenvalue weighted by Gasteiger charge is 2.26. The fraction of sp³-hybridized carbons (Fsp3) is 0.562. The van der Waals surface area contributed by atoms with E-state index in [9.17, 15) is 9.90 Å². The summed E-state index contributed by atoms with van der Waals surface area (Å²) in [5, 5.41) is 9.61. The van der Waals surface area contributed by atoms with Crippen molar-refractivity contribution in [1.82, 2.24) is 4.90 Å². The van der Waals surface area contributed by atoms with E-state index in [1.807, 2.05) is 31.7 Å². The zero-order chi connectivity index (χ0) is 14.9. The van der Waals surface area contributed by atoms with Crippen molar-refractivity contribution in [1.29, 1.82) is 0 Å². The quantitative estimate of drug-likeness (QED) is 0.813. The fourth-order valence-electron chi connectivity index (χ4n) is 2.85. The molecule has 1 aliphatic rings. The number of benzene rings is 1. The van der Waals surface area contributed by atoms with Crippen LogP contribution in [0.1, 0.15) is 41.3 Å². The first-order valence-electron chi connectivity index (χ1n) is 7.24. The number of carbonyl (C=O) groups is 1. The number of aliphatic hydroxyl groups is 1. The van der Waals surface area contributed by atoms with Crippen LogP contribution in [-0.4, -0.2) is 35.1 Å². The second kappa shape index (κ2) is 5.83. The molecule has 1 heterocycles. The Morgan fingerprint density at radius 3 is 2.45 bits per heavy atom. The summed E-state index contributed by atoms with van der Waals surface area (Å²) in [6, 6.07) is 3.75. The summed E-state index contributed by atoms with van der Waals surface area (Å²) in [7, 11) is 0. The van der Waals surface area contributed by atoms with Crippen LogP contribution in [0, 0.1) is 19.8 Å². The van der Waals surface area contributed by atoms with E-state index in [1.165, 1.54) is 0 Å². The molecule has 1 fully saturated rings. The van der Waals surface area contributed by atoms with Crippen LogP contribution >= 0.6 is 0 Å². The highest BCUT2D eigenvalue weighted by molar-refractivity contribution is 5.96. The van der Waals surface area contributed by atoms with Gasteiger partial charge in [0.25, 0.3) is 5.91 Å². The van der Waals surface area contributed by atoms with Crippen molar-refractivity contribution in [2.45, 2.75) is 39.7 Å². The number of rotatable bonds is 2. The van der Waals surface area contributed by atoms with E-state index in [-0.39, 0.29) is 12.0 Å². The Balaban J connectivity index is 2.11. The molecule has 110 valence electrons. The van der Waals surface area contributed by atoms with E-state index >= 15 is 0 Å². The van der Waals surface area contributed by atoms with Gasteiger partial charge in [0.2, 0.25) is 0 Å². The number of likely N-dealkylation sites (tertiary alicyclic amines) is 1. The first kappa shape index (κ1) is 14.9. The van der Waals surface area contributed by atoms with Gasteiger partial charge in [0.1, 0.15) is 0 Å². The molecule has 0 spiro atoms. The lowest BCUT2D eigenvalue weighted by atomic mass is 9.91. The standard InChI is InChI=1S/C16H24N2O2/c1-10-8-11(2)15(17)9-14(10)16(20)18-6-4-13(5-7-18)12(3)19/h8-9,12-13,19H,4-7,17H2,1-3H3. The Kier molecular flexibility index (Phi) is 4.33. The average molecular weight is 276 g/mol. The molecule has 4 nitrogen and oxygen atoms in total. The van der Waals surface area contributed by atoms with Gasteiger partial charge in [-0.05, 0) is 56.7 Å². The maximum Gasteiger partial charge on any atom is 0.254 e. The maximum absolute atomic E-state index is 12.6. The minimum atomic E-state index is -0.288. The Labute approximate surface area is 120 Å².